The van der Waals surface area contributed by atoms with Crippen LogP contribution in [0.25, 0.3) is 10.1 Å². The Kier molecular flexibility index (Phi) is 2.75. The number of hydrogen-bond donors (Lipinski definition) is 2. The standard InChI is InChI=1S/C12H9FN4OS/c1-6-9-7(13)3-2-4-8(9)19-10(6)11(18)16-12-14-5-15-17-12/h2-5H,1H3,(H2,14,15,16,17,18). The molecule has 2 heterocycles. The van der Waals surface area contributed by atoms with Gasteiger partial charge in [-0.05, 0) is 24.6 Å². The van der Waals surface area contributed by atoms with Gasteiger partial charge in [0, 0.05) is 10.1 Å². The number of aryl methyl sites for hydroxylation is 1. The molecule has 0 fully saturated rings. The van der Waals surface area contributed by atoms with Crippen LogP contribution in [0, 0.1) is 12.7 Å². The third-order valence-corrected chi connectivity index (χ3v) is 4.01. The Morgan fingerprint density at radius 3 is 3.00 bits per heavy atom. The molecule has 0 bridgehead atoms. The smallest absolute Gasteiger partial charge is 0.268 e. The summed E-state index contributed by atoms with van der Waals surface area (Å²) in [4.78, 5) is 16.4. The van der Waals surface area contributed by atoms with E-state index in [1.807, 2.05) is 0 Å². The van der Waals surface area contributed by atoms with Crippen molar-refractivity contribution in [2.75, 3.05) is 5.32 Å². The summed E-state index contributed by atoms with van der Waals surface area (Å²) in [5.74, 6) is -0.373. The summed E-state index contributed by atoms with van der Waals surface area (Å²) >= 11 is 1.25. The van der Waals surface area contributed by atoms with Crippen molar-refractivity contribution in [2.24, 2.45) is 0 Å². The van der Waals surface area contributed by atoms with E-state index in [4.69, 9.17) is 0 Å². The Labute approximate surface area is 111 Å². The van der Waals surface area contributed by atoms with E-state index in [0.717, 1.165) is 4.70 Å². The minimum absolute atomic E-state index is 0.266. The number of carbonyl (C=O) groups is 1. The lowest BCUT2D eigenvalue weighted by molar-refractivity contribution is 0.102. The van der Waals surface area contributed by atoms with Gasteiger partial charge in [0.15, 0.2) is 0 Å². The molecule has 0 saturated heterocycles. The molecule has 5 nitrogen and oxygen atoms in total. The Balaban J connectivity index is 2.03. The second kappa shape index (κ2) is 4.43. The maximum absolute atomic E-state index is 13.7. The van der Waals surface area contributed by atoms with Gasteiger partial charge in [0.25, 0.3) is 5.91 Å². The average Bonchev–Trinajstić information content (AvgIpc) is 2.98. The van der Waals surface area contributed by atoms with Gasteiger partial charge in [-0.15, -0.1) is 11.3 Å². The van der Waals surface area contributed by atoms with Crippen molar-refractivity contribution >= 4 is 33.3 Å². The monoisotopic (exact) mass is 276 g/mol. The fourth-order valence-corrected chi connectivity index (χ4v) is 3.02. The molecule has 0 atom stereocenters. The molecule has 2 N–H and O–H groups in total. The Morgan fingerprint density at radius 1 is 1.47 bits per heavy atom. The molecule has 0 unspecified atom stereocenters. The second-order valence-corrected chi connectivity index (χ2v) is 5.01. The third-order valence-electron chi connectivity index (χ3n) is 2.76. The number of benzene rings is 1. The van der Waals surface area contributed by atoms with Gasteiger partial charge in [-0.2, -0.15) is 10.1 Å². The number of fused-ring (bicyclic) bond motifs is 1. The highest BCUT2D eigenvalue weighted by molar-refractivity contribution is 7.21. The molecule has 0 aliphatic heterocycles. The number of aromatic amines is 1. The van der Waals surface area contributed by atoms with Crippen LogP contribution < -0.4 is 5.32 Å². The molecule has 96 valence electrons. The summed E-state index contributed by atoms with van der Waals surface area (Å²) in [6.45, 7) is 1.73. The van der Waals surface area contributed by atoms with Crippen LogP contribution in [0.15, 0.2) is 24.5 Å². The number of carbonyl (C=O) groups excluding carboxylic acids is 1. The number of nitrogens with zero attached hydrogens (tertiary/aromatic N) is 2. The van der Waals surface area contributed by atoms with Gasteiger partial charge in [-0.25, -0.2) is 9.49 Å². The number of hydrogen-bond acceptors (Lipinski definition) is 4. The quantitative estimate of drug-likeness (QED) is 0.756. The molecule has 1 amide bonds. The highest BCUT2D eigenvalue weighted by Gasteiger charge is 2.18. The molecule has 2 aromatic heterocycles. The first-order valence-electron chi connectivity index (χ1n) is 5.51. The number of nitrogens with one attached hydrogen (secondary N) is 2. The van der Waals surface area contributed by atoms with Crippen molar-refractivity contribution in [3.63, 3.8) is 0 Å². The zero-order valence-electron chi connectivity index (χ0n) is 9.90. The van der Waals surface area contributed by atoms with Crippen LogP contribution in [0.4, 0.5) is 10.3 Å². The Morgan fingerprint density at radius 2 is 2.32 bits per heavy atom. The van der Waals surface area contributed by atoms with Crippen LogP contribution in [0.2, 0.25) is 0 Å². The highest BCUT2D eigenvalue weighted by atomic mass is 32.1. The van der Waals surface area contributed by atoms with Gasteiger partial charge >= 0.3 is 0 Å². The Hall–Kier alpha value is -2.28. The van der Waals surface area contributed by atoms with Crippen molar-refractivity contribution in [2.45, 2.75) is 6.92 Å². The number of H-pyrrole nitrogens is 1. The van der Waals surface area contributed by atoms with Crippen LogP contribution in [-0.2, 0) is 0 Å². The molecule has 0 saturated carbocycles. The van der Waals surface area contributed by atoms with Crippen LogP contribution in [-0.4, -0.2) is 21.1 Å². The summed E-state index contributed by atoms with van der Waals surface area (Å²) < 4.78 is 14.5. The molecule has 0 spiro atoms. The van der Waals surface area contributed by atoms with E-state index in [1.165, 1.54) is 23.7 Å². The number of anilines is 1. The maximum atomic E-state index is 13.7. The van der Waals surface area contributed by atoms with Crippen molar-refractivity contribution in [1.29, 1.82) is 0 Å². The maximum Gasteiger partial charge on any atom is 0.268 e. The van der Waals surface area contributed by atoms with Crippen LogP contribution in [0.3, 0.4) is 0 Å². The number of amides is 1. The molecule has 7 heteroatoms. The fraction of sp³-hybridized carbons (Fsp3) is 0.0833. The van der Waals surface area contributed by atoms with E-state index < -0.39 is 0 Å². The number of thiophene rings is 1. The summed E-state index contributed by atoms with van der Waals surface area (Å²) in [5.41, 5.74) is 0.634. The van der Waals surface area contributed by atoms with Gasteiger partial charge in [-0.3, -0.25) is 10.1 Å². The SMILES string of the molecule is Cc1c(C(=O)Nc2ncn[nH]2)sc2cccc(F)c12. The number of rotatable bonds is 2. The molecular formula is C12H9FN4OS. The third kappa shape index (κ3) is 1.97. The summed E-state index contributed by atoms with van der Waals surface area (Å²) in [6, 6.07) is 4.81. The lowest BCUT2D eigenvalue weighted by atomic mass is 10.1. The fourth-order valence-electron chi connectivity index (χ4n) is 1.90. The van der Waals surface area contributed by atoms with E-state index >= 15 is 0 Å². The van der Waals surface area contributed by atoms with E-state index in [9.17, 15) is 9.18 Å². The van der Waals surface area contributed by atoms with Gasteiger partial charge in [0.05, 0.1) is 4.88 Å². The minimum atomic E-state index is -0.324. The molecule has 0 radical (unpaired) electrons. The topological polar surface area (TPSA) is 70.7 Å². The Bertz CT molecular complexity index is 751. The van der Waals surface area contributed by atoms with E-state index in [2.05, 4.69) is 20.5 Å². The van der Waals surface area contributed by atoms with Crippen molar-refractivity contribution in [3.8, 4) is 0 Å². The molecule has 0 aliphatic carbocycles. The van der Waals surface area contributed by atoms with Crippen LogP contribution in [0.5, 0.6) is 0 Å². The molecule has 3 aromatic rings. The number of aromatic nitrogens is 3. The molecule has 19 heavy (non-hydrogen) atoms. The second-order valence-electron chi connectivity index (χ2n) is 3.96. The molecule has 1 aromatic carbocycles. The predicted molar refractivity (Wildman–Crippen MR) is 70.9 cm³/mol. The zero-order chi connectivity index (χ0) is 13.4. The van der Waals surface area contributed by atoms with Gasteiger partial charge in [0.1, 0.15) is 12.1 Å². The van der Waals surface area contributed by atoms with Gasteiger partial charge < -0.3 is 0 Å². The van der Waals surface area contributed by atoms with Crippen molar-refractivity contribution < 1.29 is 9.18 Å². The van der Waals surface area contributed by atoms with Gasteiger partial charge in [-0.1, -0.05) is 6.07 Å². The summed E-state index contributed by atoms with van der Waals surface area (Å²) in [6.07, 6.45) is 1.30. The first kappa shape index (κ1) is 11.8. The summed E-state index contributed by atoms with van der Waals surface area (Å²) in [5, 5.41) is 9.26. The first-order valence-corrected chi connectivity index (χ1v) is 6.33. The lowest BCUT2D eigenvalue weighted by Crippen LogP contribution is -2.12. The zero-order valence-corrected chi connectivity index (χ0v) is 10.7. The normalized spacial score (nSPS) is 10.8. The van der Waals surface area contributed by atoms with E-state index in [0.29, 0.717) is 15.8 Å². The van der Waals surface area contributed by atoms with Crippen molar-refractivity contribution in [1.82, 2.24) is 15.2 Å². The average molecular weight is 276 g/mol. The largest absolute Gasteiger partial charge is 0.290 e. The molecular weight excluding hydrogens is 267 g/mol. The van der Waals surface area contributed by atoms with Crippen LogP contribution >= 0.6 is 11.3 Å². The minimum Gasteiger partial charge on any atom is -0.290 e. The van der Waals surface area contributed by atoms with Crippen LogP contribution in [0.1, 0.15) is 15.2 Å². The predicted octanol–water partition coefficient (Wildman–Crippen LogP) is 2.72. The van der Waals surface area contributed by atoms with E-state index in [-0.39, 0.29) is 17.7 Å². The van der Waals surface area contributed by atoms with Gasteiger partial charge in [0.2, 0.25) is 5.95 Å². The number of halogens is 1. The molecule has 0 aliphatic rings. The van der Waals surface area contributed by atoms with E-state index in [1.54, 1.807) is 19.1 Å². The highest BCUT2D eigenvalue weighted by Crippen LogP contribution is 2.32. The lowest BCUT2D eigenvalue weighted by Gasteiger charge is -1.99. The summed E-state index contributed by atoms with van der Waals surface area (Å²) in [7, 11) is 0. The van der Waals surface area contributed by atoms with Crippen molar-refractivity contribution in [3.05, 3.63) is 40.8 Å². The first-order chi connectivity index (χ1) is 9.16. The molecule has 3 rings (SSSR count).